The van der Waals surface area contributed by atoms with Crippen molar-refractivity contribution < 1.29 is 29.2 Å². The van der Waals surface area contributed by atoms with E-state index in [1.54, 1.807) is 0 Å². The molecule has 0 amide bonds. The highest BCUT2D eigenvalue weighted by Gasteiger charge is 2.99. The van der Waals surface area contributed by atoms with Crippen LogP contribution in [0.25, 0.3) is 0 Å². The van der Waals surface area contributed by atoms with Crippen molar-refractivity contribution in [3.63, 3.8) is 0 Å². The molecule has 0 saturated carbocycles. The number of aliphatic hydroxyl groups is 3. The number of hydrogen-bond acceptors (Lipinski definition) is 6. The monoisotopic (exact) mass is 194 g/mol. The Morgan fingerprint density at radius 3 is 2.33 bits per heavy atom. The molecule has 4 atom stereocenters. The molecule has 7 heteroatoms. The summed E-state index contributed by atoms with van der Waals surface area (Å²) in [7, 11) is -3.23. The van der Waals surface area contributed by atoms with Gasteiger partial charge >= 0.3 is 7.37 Å². The predicted molar refractivity (Wildman–Crippen MR) is 35.5 cm³/mol. The van der Waals surface area contributed by atoms with Gasteiger partial charge in [-0.05, 0) is 0 Å². The molecule has 1 unspecified atom stereocenters. The Morgan fingerprint density at radius 2 is 2.08 bits per heavy atom. The standard InChI is InChI=1S/C5H7O6P/c6-1-2(7)3(8)5-4(9)12(5,10)11-5/h2-3,6-8H,1H2/t2-,3-,5+,12?/m1/s1. The zero-order valence-electron chi connectivity index (χ0n) is 5.88. The van der Waals surface area contributed by atoms with Crippen molar-refractivity contribution in [1.29, 1.82) is 0 Å². The van der Waals surface area contributed by atoms with Crippen molar-refractivity contribution in [2.24, 2.45) is 0 Å². The Morgan fingerprint density at radius 1 is 1.58 bits per heavy atom. The van der Waals surface area contributed by atoms with Crippen LogP contribution >= 0.6 is 7.37 Å². The van der Waals surface area contributed by atoms with Crippen LogP contribution in [0.3, 0.4) is 0 Å². The summed E-state index contributed by atoms with van der Waals surface area (Å²) < 4.78 is 15.5. The van der Waals surface area contributed by atoms with Crippen LogP contribution in [0.4, 0.5) is 0 Å². The Hall–Kier alpha value is -0.260. The van der Waals surface area contributed by atoms with Crippen LogP contribution in [0.2, 0.25) is 0 Å². The van der Waals surface area contributed by atoms with Gasteiger partial charge in [0.15, 0.2) is 0 Å². The van der Waals surface area contributed by atoms with Crippen molar-refractivity contribution in [2.45, 2.75) is 17.6 Å². The fourth-order valence-electron chi connectivity index (χ4n) is 1.22. The second kappa shape index (κ2) is 1.97. The van der Waals surface area contributed by atoms with Gasteiger partial charge in [-0.1, -0.05) is 0 Å². The molecule has 2 fully saturated rings. The van der Waals surface area contributed by atoms with Crippen molar-refractivity contribution in [3.8, 4) is 0 Å². The fraction of sp³-hybridized carbons (Fsp3) is 0.800. The summed E-state index contributed by atoms with van der Waals surface area (Å²) in [6.07, 6.45) is -3.05. The predicted octanol–water partition coefficient (Wildman–Crippen LogP) is -1.75. The van der Waals surface area contributed by atoms with Crippen LogP contribution in [-0.2, 0) is 13.9 Å². The first-order valence-corrected chi connectivity index (χ1v) is 4.96. The number of carbonyl (C=O) groups is 1. The Balaban J connectivity index is 2.14. The van der Waals surface area contributed by atoms with Crippen molar-refractivity contribution >= 4 is 12.9 Å². The van der Waals surface area contributed by atoms with E-state index >= 15 is 0 Å². The summed E-state index contributed by atoms with van der Waals surface area (Å²) in [5.41, 5.74) is -0.644. The first kappa shape index (κ1) is 8.34. The molecule has 2 heterocycles. The summed E-state index contributed by atoms with van der Waals surface area (Å²) in [5.74, 6) is 0. The fourth-order valence-corrected chi connectivity index (χ4v) is 3.47. The summed E-state index contributed by atoms with van der Waals surface area (Å²) in [6.45, 7) is -0.695. The zero-order chi connectivity index (χ0) is 9.15. The molecule has 3 N–H and O–H groups in total. The molecule has 2 aliphatic rings. The van der Waals surface area contributed by atoms with E-state index in [4.69, 9.17) is 15.3 Å². The van der Waals surface area contributed by atoms with E-state index in [1.165, 1.54) is 0 Å². The molecule has 12 heavy (non-hydrogen) atoms. The third-order valence-electron chi connectivity index (χ3n) is 2.15. The van der Waals surface area contributed by atoms with Gasteiger partial charge in [0, 0.05) is 0 Å². The van der Waals surface area contributed by atoms with Gasteiger partial charge in [0.25, 0.3) is 10.9 Å². The molecular weight excluding hydrogens is 187 g/mol. The average Bonchev–Trinajstić information content (AvgIpc) is 2.85. The molecule has 0 aromatic rings. The molecule has 2 saturated heterocycles. The van der Waals surface area contributed by atoms with Crippen LogP contribution in [0.1, 0.15) is 0 Å². The van der Waals surface area contributed by atoms with E-state index in [2.05, 4.69) is 4.52 Å². The smallest absolute Gasteiger partial charge is 0.314 e. The zero-order valence-corrected chi connectivity index (χ0v) is 6.77. The van der Waals surface area contributed by atoms with Gasteiger partial charge in [0.1, 0.15) is 12.2 Å². The van der Waals surface area contributed by atoms with Crippen molar-refractivity contribution in [3.05, 3.63) is 0 Å². The van der Waals surface area contributed by atoms with Crippen LogP contribution < -0.4 is 0 Å². The molecule has 0 radical (unpaired) electrons. The molecule has 0 aliphatic carbocycles. The average molecular weight is 194 g/mol. The van der Waals surface area contributed by atoms with Gasteiger partial charge in [-0.2, -0.15) is 0 Å². The second-order valence-corrected chi connectivity index (χ2v) is 5.20. The Labute approximate surface area is 67.2 Å². The quantitative estimate of drug-likeness (QED) is 0.363. The maximum absolute atomic E-state index is 11.0. The van der Waals surface area contributed by atoms with Crippen LogP contribution in [0, 0.1) is 0 Å². The number of aliphatic hydroxyl groups excluding tert-OH is 3. The molecule has 0 aromatic heterocycles. The van der Waals surface area contributed by atoms with E-state index in [0.29, 0.717) is 0 Å². The minimum absolute atomic E-state index is 0.644. The lowest BCUT2D eigenvalue weighted by atomic mass is 10.1. The molecule has 0 aromatic carbocycles. The summed E-state index contributed by atoms with van der Waals surface area (Å²) in [6, 6.07) is 0. The topological polar surface area (TPSA) is 107 Å². The van der Waals surface area contributed by atoms with E-state index in [0.717, 1.165) is 0 Å². The third-order valence-corrected chi connectivity index (χ3v) is 4.60. The molecule has 0 bridgehead atoms. The second-order valence-electron chi connectivity index (χ2n) is 2.84. The maximum atomic E-state index is 11.0. The first-order valence-electron chi connectivity index (χ1n) is 3.33. The van der Waals surface area contributed by atoms with Crippen molar-refractivity contribution in [2.75, 3.05) is 6.61 Å². The number of rotatable bonds is 3. The van der Waals surface area contributed by atoms with E-state index in [-0.39, 0.29) is 0 Å². The Kier molecular flexibility index (Phi) is 1.37. The van der Waals surface area contributed by atoms with Crippen LogP contribution in [0.15, 0.2) is 0 Å². The van der Waals surface area contributed by atoms with Gasteiger partial charge < -0.3 is 15.3 Å². The Bertz CT molecular complexity index is 300. The van der Waals surface area contributed by atoms with E-state index < -0.39 is 37.1 Å². The lowest BCUT2D eigenvalue weighted by Gasteiger charge is -2.13. The largest absolute Gasteiger partial charge is 0.394 e. The highest BCUT2D eigenvalue weighted by atomic mass is 31.2. The van der Waals surface area contributed by atoms with Crippen LogP contribution in [0.5, 0.6) is 0 Å². The summed E-state index contributed by atoms with van der Waals surface area (Å²) >= 11 is 0. The molecule has 2 rings (SSSR count). The number of fused-ring (bicyclic) bond motifs is 1. The van der Waals surface area contributed by atoms with Crippen molar-refractivity contribution in [1.82, 2.24) is 0 Å². The van der Waals surface area contributed by atoms with Gasteiger partial charge in [-0.25, -0.2) is 0 Å². The van der Waals surface area contributed by atoms with E-state index in [1.807, 2.05) is 0 Å². The summed E-state index contributed by atoms with van der Waals surface area (Å²) in [4.78, 5) is 10.7. The SMILES string of the molecule is O=C1[C@@]2([C@H](O)[C@H](O)CO)OP12=O. The van der Waals surface area contributed by atoms with Crippen LogP contribution in [-0.4, -0.2) is 45.0 Å². The lowest BCUT2D eigenvalue weighted by molar-refractivity contribution is -0.124. The molecular formula is C5H7O6P. The highest BCUT2D eigenvalue weighted by Crippen LogP contribution is 2.97. The van der Waals surface area contributed by atoms with Gasteiger partial charge in [0.2, 0.25) is 0 Å². The first-order chi connectivity index (χ1) is 5.50. The lowest BCUT2D eigenvalue weighted by Crippen LogP contribution is -2.39. The molecule has 68 valence electrons. The minimum atomic E-state index is -3.23. The van der Waals surface area contributed by atoms with Gasteiger partial charge in [-0.15, -0.1) is 0 Å². The minimum Gasteiger partial charge on any atom is -0.394 e. The highest BCUT2D eigenvalue weighted by molar-refractivity contribution is 7.97. The number of carbonyl (C=O) groups excluding carboxylic acids is 1. The number of hydrogen-bond donors (Lipinski definition) is 3. The van der Waals surface area contributed by atoms with Gasteiger partial charge in [0.05, 0.1) is 6.61 Å². The molecule has 0 spiro atoms. The summed E-state index contributed by atoms with van der Waals surface area (Å²) in [5, 5.41) is 24.8. The molecule has 2 aliphatic heterocycles. The normalized spacial score (nSPS) is 48.1. The third kappa shape index (κ3) is 0.616. The molecule has 6 nitrogen and oxygen atoms in total. The van der Waals surface area contributed by atoms with Gasteiger partial charge in [-0.3, -0.25) is 13.9 Å². The maximum Gasteiger partial charge on any atom is 0.314 e. The van der Waals surface area contributed by atoms with E-state index in [9.17, 15) is 9.36 Å².